The Labute approximate surface area is 119 Å². The summed E-state index contributed by atoms with van der Waals surface area (Å²) in [6, 6.07) is 2.14. The monoisotopic (exact) mass is 311 g/mol. The highest BCUT2D eigenvalue weighted by atomic mass is 35.5. The molecule has 0 aliphatic rings. The molecule has 0 heterocycles. The summed E-state index contributed by atoms with van der Waals surface area (Å²) in [6.45, 7) is 3.80. The Morgan fingerprint density at radius 2 is 1.90 bits per heavy atom. The number of hydrogen-bond acceptors (Lipinski definition) is 1. The number of halogens is 5. The van der Waals surface area contributed by atoms with Crippen LogP contribution < -0.4 is 5.32 Å². The zero-order chi connectivity index (χ0) is 15.6. The molecule has 0 atom stereocenters. The van der Waals surface area contributed by atoms with Crippen molar-refractivity contribution in [1.82, 2.24) is 5.32 Å². The third kappa shape index (κ3) is 4.37. The van der Waals surface area contributed by atoms with E-state index in [2.05, 4.69) is 5.32 Å². The van der Waals surface area contributed by atoms with Gasteiger partial charge in [-0.2, -0.15) is 13.2 Å². The summed E-state index contributed by atoms with van der Waals surface area (Å²) in [7, 11) is 0. The molecule has 2 nitrogen and oxygen atoms in total. The second-order valence-corrected chi connectivity index (χ2v) is 5.44. The standard InChI is InChI=1S/C13H14ClF4NO/c1-12(2,6-14)7-19-11(20)8-3-4-10(15)9(5-8)13(16,17)18/h3-5H,6-7H2,1-2H3,(H,19,20). The lowest BCUT2D eigenvalue weighted by atomic mass is 9.96. The number of carbonyl (C=O) groups is 1. The lowest BCUT2D eigenvalue weighted by molar-refractivity contribution is -0.140. The maximum absolute atomic E-state index is 13.1. The van der Waals surface area contributed by atoms with Crippen molar-refractivity contribution in [2.45, 2.75) is 20.0 Å². The molecule has 0 bridgehead atoms. The minimum atomic E-state index is -4.84. The first-order valence-electron chi connectivity index (χ1n) is 5.78. The lowest BCUT2D eigenvalue weighted by Crippen LogP contribution is -2.35. The smallest absolute Gasteiger partial charge is 0.351 e. The third-order valence-corrected chi connectivity index (χ3v) is 3.35. The van der Waals surface area contributed by atoms with Gasteiger partial charge in [0.2, 0.25) is 0 Å². The van der Waals surface area contributed by atoms with E-state index in [0.29, 0.717) is 12.1 Å². The van der Waals surface area contributed by atoms with E-state index in [-0.39, 0.29) is 23.4 Å². The maximum atomic E-state index is 13.1. The molecule has 112 valence electrons. The zero-order valence-corrected chi connectivity index (χ0v) is 11.7. The highest BCUT2D eigenvalue weighted by Crippen LogP contribution is 2.31. The Kier molecular flexibility index (Phi) is 5.02. The number of hydrogen-bond donors (Lipinski definition) is 1. The summed E-state index contributed by atoms with van der Waals surface area (Å²) in [6.07, 6.45) is -4.84. The molecule has 0 aromatic heterocycles. The average Bonchev–Trinajstić information content (AvgIpc) is 2.35. The van der Waals surface area contributed by atoms with Gasteiger partial charge in [-0.05, 0) is 23.6 Å². The van der Waals surface area contributed by atoms with Gasteiger partial charge in [-0.25, -0.2) is 4.39 Å². The number of amides is 1. The summed E-state index contributed by atoms with van der Waals surface area (Å²) in [5.74, 6) is -1.83. The van der Waals surface area contributed by atoms with E-state index in [1.165, 1.54) is 0 Å². The number of alkyl halides is 4. The maximum Gasteiger partial charge on any atom is 0.419 e. The molecule has 1 N–H and O–H groups in total. The minimum absolute atomic E-state index is 0.202. The van der Waals surface area contributed by atoms with Crippen LogP contribution >= 0.6 is 11.6 Å². The SMILES string of the molecule is CC(C)(CCl)CNC(=O)c1ccc(F)c(C(F)(F)F)c1. The van der Waals surface area contributed by atoms with Gasteiger partial charge in [-0.3, -0.25) is 4.79 Å². The molecule has 0 fully saturated rings. The van der Waals surface area contributed by atoms with Crippen LogP contribution in [-0.2, 0) is 6.18 Å². The molecule has 20 heavy (non-hydrogen) atoms. The number of rotatable bonds is 4. The molecular weight excluding hydrogens is 298 g/mol. The Hall–Kier alpha value is -1.30. The van der Waals surface area contributed by atoms with Crippen LogP contribution in [0.15, 0.2) is 18.2 Å². The molecule has 0 unspecified atom stereocenters. The molecule has 0 radical (unpaired) electrons. The van der Waals surface area contributed by atoms with Crippen LogP contribution in [-0.4, -0.2) is 18.3 Å². The molecule has 7 heteroatoms. The van der Waals surface area contributed by atoms with Gasteiger partial charge in [-0.1, -0.05) is 13.8 Å². The summed E-state index contributed by atoms with van der Waals surface area (Å²) >= 11 is 5.68. The van der Waals surface area contributed by atoms with Crippen molar-refractivity contribution in [1.29, 1.82) is 0 Å². The van der Waals surface area contributed by atoms with Gasteiger partial charge in [-0.15, -0.1) is 11.6 Å². The summed E-state index contributed by atoms with van der Waals surface area (Å²) < 4.78 is 50.7. The van der Waals surface area contributed by atoms with Crippen LogP contribution in [0.3, 0.4) is 0 Å². The van der Waals surface area contributed by atoms with Crippen molar-refractivity contribution < 1.29 is 22.4 Å². The number of benzene rings is 1. The van der Waals surface area contributed by atoms with Gasteiger partial charge in [0.15, 0.2) is 0 Å². The van der Waals surface area contributed by atoms with Gasteiger partial charge < -0.3 is 5.32 Å². The van der Waals surface area contributed by atoms with E-state index in [0.717, 1.165) is 6.07 Å². The van der Waals surface area contributed by atoms with Crippen LogP contribution in [0.25, 0.3) is 0 Å². The highest BCUT2D eigenvalue weighted by molar-refractivity contribution is 6.18. The molecule has 1 amide bonds. The van der Waals surface area contributed by atoms with Gasteiger partial charge in [0.1, 0.15) is 5.82 Å². The topological polar surface area (TPSA) is 29.1 Å². The number of carbonyl (C=O) groups excluding carboxylic acids is 1. The van der Waals surface area contributed by atoms with Crippen molar-refractivity contribution in [3.05, 3.63) is 35.1 Å². The fourth-order valence-electron chi connectivity index (χ4n) is 1.35. The Balaban J connectivity index is 2.90. The second kappa shape index (κ2) is 5.99. The van der Waals surface area contributed by atoms with E-state index < -0.39 is 23.5 Å². The minimum Gasteiger partial charge on any atom is -0.351 e. The Morgan fingerprint density at radius 1 is 1.30 bits per heavy atom. The molecule has 1 aromatic rings. The first kappa shape index (κ1) is 16.8. The van der Waals surface area contributed by atoms with Crippen molar-refractivity contribution in [3.8, 4) is 0 Å². The predicted molar refractivity (Wildman–Crippen MR) is 68.2 cm³/mol. The van der Waals surface area contributed by atoms with E-state index in [9.17, 15) is 22.4 Å². The normalized spacial score (nSPS) is 12.3. The molecule has 0 aliphatic heterocycles. The molecule has 0 saturated carbocycles. The van der Waals surface area contributed by atoms with E-state index >= 15 is 0 Å². The lowest BCUT2D eigenvalue weighted by Gasteiger charge is -2.21. The van der Waals surface area contributed by atoms with Crippen LogP contribution in [0.1, 0.15) is 29.8 Å². The van der Waals surface area contributed by atoms with Gasteiger partial charge in [0.25, 0.3) is 5.91 Å². The summed E-state index contributed by atoms with van der Waals surface area (Å²) in [5, 5.41) is 2.48. The van der Waals surface area contributed by atoms with Gasteiger partial charge in [0.05, 0.1) is 5.56 Å². The quantitative estimate of drug-likeness (QED) is 0.664. The average molecular weight is 312 g/mol. The van der Waals surface area contributed by atoms with Crippen molar-refractivity contribution in [2.24, 2.45) is 5.41 Å². The Morgan fingerprint density at radius 3 is 2.40 bits per heavy atom. The largest absolute Gasteiger partial charge is 0.419 e. The molecule has 0 saturated heterocycles. The fraction of sp³-hybridized carbons (Fsp3) is 0.462. The Bertz CT molecular complexity index is 500. The highest BCUT2D eigenvalue weighted by Gasteiger charge is 2.34. The molecule has 1 rings (SSSR count). The first-order chi connectivity index (χ1) is 9.07. The van der Waals surface area contributed by atoms with Crippen molar-refractivity contribution in [3.63, 3.8) is 0 Å². The summed E-state index contributed by atoms with van der Waals surface area (Å²) in [5.41, 5.74) is -2.09. The van der Waals surface area contributed by atoms with Gasteiger partial charge in [0, 0.05) is 18.0 Å². The predicted octanol–water partition coefficient (Wildman–Crippen LogP) is 3.84. The molecular formula is C13H14ClF4NO. The van der Waals surface area contributed by atoms with Crippen molar-refractivity contribution >= 4 is 17.5 Å². The van der Waals surface area contributed by atoms with E-state index in [4.69, 9.17) is 11.6 Å². The zero-order valence-electron chi connectivity index (χ0n) is 10.9. The van der Waals surface area contributed by atoms with E-state index in [1.54, 1.807) is 13.8 Å². The molecule has 1 aromatic carbocycles. The van der Waals surface area contributed by atoms with Crippen LogP contribution in [0.4, 0.5) is 17.6 Å². The fourth-order valence-corrected chi connectivity index (χ4v) is 1.45. The third-order valence-electron chi connectivity index (χ3n) is 2.62. The summed E-state index contributed by atoms with van der Waals surface area (Å²) in [4.78, 5) is 11.8. The number of nitrogens with one attached hydrogen (secondary N) is 1. The van der Waals surface area contributed by atoms with E-state index in [1.807, 2.05) is 0 Å². The van der Waals surface area contributed by atoms with Crippen LogP contribution in [0, 0.1) is 11.2 Å². The molecule has 0 spiro atoms. The first-order valence-corrected chi connectivity index (χ1v) is 6.31. The van der Waals surface area contributed by atoms with Crippen LogP contribution in [0.5, 0.6) is 0 Å². The van der Waals surface area contributed by atoms with Gasteiger partial charge >= 0.3 is 6.18 Å². The van der Waals surface area contributed by atoms with Crippen molar-refractivity contribution in [2.75, 3.05) is 12.4 Å². The van der Waals surface area contributed by atoms with Crippen LogP contribution in [0.2, 0.25) is 0 Å². The second-order valence-electron chi connectivity index (χ2n) is 5.17. The molecule has 0 aliphatic carbocycles.